The van der Waals surface area contributed by atoms with Crippen LogP contribution in [0.5, 0.6) is 0 Å². The lowest BCUT2D eigenvalue weighted by Crippen LogP contribution is -2.47. The summed E-state index contributed by atoms with van der Waals surface area (Å²) in [7, 11) is 0. The molecule has 0 atom stereocenters. The van der Waals surface area contributed by atoms with Gasteiger partial charge in [-0.2, -0.15) is 5.26 Å². The maximum Gasteiger partial charge on any atom is 0.200 e. The molecule has 3 aromatic rings. The first-order chi connectivity index (χ1) is 11.3. The largest absolute Gasteiger partial charge is 0.353 e. The van der Waals surface area contributed by atoms with Crippen LogP contribution in [0.15, 0.2) is 30.5 Å². The average Bonchev–Trinajstić information content (AvgIpc) is 3.09. The number of nitrogens with zero attached hydrogens (tertiary/aromatic N) is 9. The zero-order valence-corrected chi connectivity index (χ0v) is 12.2. The lowest BCUT2D eigenvalue weighted by molar-refractivity contribution is 0.628. The number of fused-ring (bicyclic) bond motifs is 1. The van der Waals surface area contributed by atoms with Crippen LogP contribution in [0, 0.1) is 11.3 Å². The van der Waals surface area contributed by atoms with E-state index >= 15 is 0 Å². The van der Waals surface area contributed by atoms with Gasteiger partial charge in [0, 0.05) is 32.4 Å². The number of rotatable bonds is 2. The Morgan fingerprint density at radius 2 is 1.78 bits per heavy atom. The van der Waals surface area contributed by atoms with Crippen molar-refractivity contribution in [3.8, 4) is 6.07 Å². The number of hydrogen-bond donors (Lipinski definition) is 0. The third-order valence-electron chi connectivity index (χ3n) is 3.86. The van der Waals surface area contributed by atoms with Gasteiger partial charge in [0.1, 0.15) is 5.82 Å². The van der Waals surface area contributed by atoms with E-state index in [0.29, 0.717) is 11.2 Å². The fraction of sp³-hybridized carbons (Fsp3) is 0.286. The van der Waals surface area contributed by atoms with Crippen LogP contribution in [0.2, 0.25) is 0 Å². The number of pyridine rings is 1. The van der Waals surface area contributed by atoms with Gasteiger partial charge in [-0.1, -0.05) is 0 Å². The predicted octanol–water partition coefficient (Wildman–Crippen LogP) is 0.113. The molecule has 0 aliphatic carbocycles. The Bertz CT molecular complexity index is 873. The molecule has 0 bridgehead atoms. The summed E-state index contributed by atoms with van der Waals surface area (Å²) in [5, 5.41) is 24.7. The van der Waals surface area contributed by atoms with Gasteiger partial charge in [-0.05, 0) is 34.7 Å². The SMILES string of the molecule is N#Cc1ccnc(N2CCN(c3ccc4nnnn4n3)CC2)c1. The summed E-state index contributed by atoms with van der Waals surface area (Å²) < 4.78 is 1.43. The second-order valence-electron chi connectivity index (χ2n) is 5.21. The molecule has 1 saturated heterocycles. The fourth-order valence-electron chi connectivity index (χ4n) is 2.63. The van der Waals surface area contributed by atoms with Crippen molar-refractivity contribution < 1.29 is 0 Å². The fourth-order valence-corrected chi connectivity index (χ4v) is 2.63. The average molecular weight is 307 g/mol. The summed E-state index contributed by atoms with van der Waals surface area (Å²) in [6.45, 7) is 3.27. The Balaban J connectivity index is 1.49. The molecule has 4 heterocycles. The highest BCUT2D eigenvalue weighted by atomic mass is 15.6. The molecule has 0 saturated carbocycles. The van der Waals surface area contributed by atoms with Crippen molar-refractivity contribution in [3.05, 3.63) is 36.0 Å². The first-order valence-corrected chi connectivity index (χ1v) is 7.25. The molecular weight excluding hydrogens is 294 g/mol. The second-order valence-corrected chi connectivity index (χ2v) is 5.21. The van der Waals surface area contributed by atoms with Gasteiger partial charge < -0.3 is 9.80 Å². The van der Waals surface area contributed by atoms with Crippen molar-refractivity contribution in [1.82, 2.24) is 30.2 Å². The highest BCUT2D eigenvalue weighted by Gasteiger charge is 2.20. The van der Waals surface area contributed by atoms with Crippen LogP contribution < -0.4 is 9.80 Å². The molecule has 0 amide bonds. The molecule has 1 fully saturated rings. The molecule has 0 unspecified atom stereocenters. The first kappa shape index (κ1) is 13.4. The molecule has 0 radical (unpaired) electrons. The minimum atomic E-state index is 0.628. The van der Waals surface area contributed by atoms with Crippen LogP contribution in [-0.2, 0) is 0 Å². The van der Waals surface area contributed by atoms with Gasteiger partial charge >= 0.3 is 0 Å². The molecule has 0 N–H and O–H groups in total. The van der Waals surface area contributed by atoms with E-state index in [1.54, 1.807) is 12.3 Å². The van der Waals surface area contributed by atoms with Crippen LogP contribution in [0.3, 0.4) is 0 Å². The molecule has 1 aliphatic rings. The molecule has 23 heavy (non-hydrogen) atoms. The second kappa shape index (κ2) is 5.49. The first-order valence-electron chi connectivity index (χ1n) is 7.25. The van der Waals surface area contributed by atoms with Gasteiger partial charge in [0.05, 0.1) is 11.6 Å². The van der Waals surface area contributed by atoms with Crippen molar-refractivity contribution in [2.24, 2.45) is 0 Å². The summed E-state index contributed by atoms with van der Waals surface area (Å²) in [4.78, 5) is 8.71. The summed E-state index contributed by atoms with van der Waals surface area (Å²) >= 11 is 0. The van der Waals surface area contributed by atoms with E-state index in [4.69, 9.17) is 5.26 Å². The normalized spacial score (nSPS) is 14.9. The third kappa shape index (κ3) is 2.50. The van der Waals surface area contributed by atoms with Gasteiger partial charge in [-0.15, -0.1) is 14.8 Å². The zero-order chi connectivity index (χ0) is 15.6. The maximum absolute atomic E-state index is 8.99. The topological polar surface area (TPSA) is 99.1 Å². The molecule has 114 valence electrons. The highest BCUT2D eigenvalue weighted by Crippen LogP contribution is 2.18. The smallest absolute Gasteiger partial charge is 0.200 e. The lowest BCUT2D eigenvalue weighted by Gasteiger charge is -2.35. The number of aromatic nitrogens is 6. The van der Waals surface area contributed by atoms with E-state index in [9.17, 15) is 0 Å². The standard InChI is InChI=1S/C14H13N9/c15-10-11-3-4-16-14(9-11)22-7-5-21(6-8-22)13-2-1-12-17-19-20-23(12)18-13/h1-4,9H,5-8H2. The van der Waals surface area contributed by atoms with E-state index in [1.165, 1.54) is 4.63 Å². The summed E-state index contributed by atoms with van der Waals surface area (Å²) in [5.41, 5.74) is 1.26. The van der Waals surface area contributed by atoms with E-state index in [2.05, 4.69) is 41.5 Å². The quantitative estimate of drug-likeness (QED) is 0.658. The highest BCUT2D eigenvalue weighted by molar-refractivity contribution is 5.49. The predicted molar refractivity (Wildman–Crippen MR) is 82.0 cm³/mol. The summed E-state index contributed by atoms with van der Waals surface area (Å²) in [6, 6.07) is 9.46. The molecule has 0 aromatic carbocycles. The van der Waals surface area contributed by atoms with Crippen LogP contribution >= 0.6 is 0 Å². The van der Waals surface area contributed by atoms with Crippen molar-refractivity contribution in [2.45, 2.75) is 0 Å². The van der Waals surface area contributed by atoms with Gasteiger partial charge in [0.2, 0.25) is 0 Å². The number of hydrogen-bond acceptors (Lipinski definition) is 8. The monoisotopic (exact) mass is 307 g/mol. The van der Waals surface area contributed by atoms with E-state index in [0.717, 1.165) is 37.8 Å². The number of nitriles is 1. The minimum absolute atomic E-state index is 0.628. The number of anilines is 2. The Hall–Kier alpha value is -3.28. The maximum atomic E-state index is 8.99. The van der Waals surface area contributed by atoms with Crippen molar-refractivity contribution in [2.75, 3.05) is 36.0 Å². The van der Waals surface area contributed by atoms with Crippen molar-refractivity contribution >= 4 is 17.3 Å². The summed E-state index contributed by atoms with van der Waals surface area (Å²) in [6.07, 6.45) is 1.67. The van der Waals surface area contributed by atoms with Crippen LogP contribution in [0.4, 0.5) is 11.6 Å². The molecule has 9 nitrogen and oxygen atoms in total. The van der Waals surface area contributed by atoms with Crippen molar-refractivity contribution in [1.29, 1.82) is 5.26 Å². The van der Waals surface area contributed by atoms with Crippen LogP contribution in [0.1, 0.15) is 5.56 Å². The zero-order valence-electron chi connectivity index (χ0n) is 12.2. The minimum Gasteiger partial charge on any atom is -0.353 e. The molecule has 1 aliphatic heterocycles. The van der Waals surface area contributed by atoms with Gasteiger partial charge in [0.15, 0.2) is 11.5 Å². The van der Waals surface area contributed by atoms with E-state index in [-0.39, 0.29) is 0 Å². The number of piperazine rings is 1. The lowest BCUT2D eigenvalue weighted by atomic mass is 10.2. The molecular formula is C14H13N9. The molecule has 0 spiro atoms. The molecule has 4 rings (SSSR count). The van der Waals surface area contributed by atoms with Crippen LogP contribution in [-0.4, -0.2) is 56.4 Å². The van der Waals surface area contributed by atoms with Crippen molar-refractivity contribution in [3.63, 3.8) is 0 Å². The van der Waals surface area contributed by atoms with E-state index < -0.39 is 0 Å². The Kier molecular flexibility index (Phi) is 3.20. The Morgan fingerprint density at radius 1 is 1.00 bits per heavy atom. The Morgan fingerprint density at radius 3 is 2.57 bits per heavy atom. The number of tetrazole rings is 1. The Labute approximate surface area is 131 Å². The van der Waals surface area contributed by atoms with Gasteiger partial charge in [0.25, 0.3) is 0 Å². The van der Waals surface area contributed by atoms with Crippen LogP contribution in [0.25, 0.3) is 5.65 Å². The van der Waals surface area contributed by atoms with Gasteiger partial charge in [-0.3, -0.25) is 0 Å². The summed E-state index contributed by atoms with van der Waals surface area (Å²) in [5.74, 6) is 1.69. The van der Waals surface area contributed by atoms with E-state index in [1.807, 2.05) is 18.2 Å². The van der Waals surface area contributed by atoms with Gasteiger partial charge in [-0.25, -0.2) is 4.98 Å². The molecule has 9 heteroatoms. The third-order valence-corrected chi connectivity index (χ3v) is 3.86. The molecule has 3 aromatic heterocycles.